The second-order valence-corrected chi connectivity index (χ2v) is 5.30. The van der Waals surface area contributed by atoms with Gasteiger partial charge in [-0.25, -0.2) is 8.78 Å². The SMILES string of the molecule is COC(C1CCCCC1)C(N)c1ccc(F)c(F)c1. The first-order chi connectivity index (χ1) is 9.13. The molecule has 4 heteroatoms. The van der Waals surface area contributed by atoms with Crippen molar-refractivity contribution in [2.45, 2.75) is 44.2 Å². The summed E-state index contributed by atoms with van der Waals surface area (Å²) in [5, 5.41) is 0. The molecule has 1 aromatic rings. The van der Waals surface area contributed by atoms with Crippen LogP contribution in [0.3, 0.4) is 0 Å². The van der Waals surface area contributed by atoms with Gasteiger partial charge in [-0.2, -0.15) is 0 Å². The highest BCUT2D eigenvalue weighted by atomic mass is 19.2. The van der Waals surface area contributed by atoms with Crippen molar-refractivity contribution in [2.75, 3.05) is 7.11 Å². The van der Waals surface area contributed by atoms with Gasteiger partial charge in [0.2, 0.25) is 0 Å². The van der Waals surface area contributed by atoms with Crippen LogP contribution in [0.5, 0.6) is 0 Å². The number of halogens is 2. The third-order valence-corrected chi connectivity index (χ3v) is 4.07. The molecule has 0 heterocycles. The topological polar surface area (TPSA) is 35.2 Å². The van der Waals surface area contributed by atoms with Crippen LogP contribution < -0.4 is 5.73 Å². The lowest BCUT2D eigenvalue weighted by Crippen LogP contribution is -2.36. The summed E-state index contributed by atoms with van der Waals surface area (Å²) in [6, 6.07) is 3.42. The van der Waals surface area contributed by atoms with Crippen molar-refractivity contribution in [3.63, 3.8) is 0 Å². The fourth-order valence-electron chi connectivity index (χ4n) is 3.00. The van der Waals surface area contributed by atoms with E-state index in [1.807, 2.05) is 0 Å². The Morgan fingerprint density at radius 3 is 2.42 bits per heavy atom. The predicted octanol–water partition coefficient (Wildman–Crippen LogP) is 3.56. The zero-order valence-corrected chi connectivity index (χ0v) is 11.2. The number of benzene rings is 1. The Bertz CT molecular complexity index is 419. The van der Waals surface area contributed by atoms with Crippen LogP contribution in [0.25, 0.3) is 0 Å². The van der Waals surface area contributed by atoms with E-state index in [0.29, 0.717) is 11.5 Å². The van der Waals surface area contributed by atoms with Gasteiger partial charge in [-0.3, -0.25) is 0 Å². The molecule has 2 rings (SSSR count). The second-order valence-electron chi connectivity index (χ2n) is 5.30. The number of methoxy groups -OCH3 is 1. The molecule has 0 saturated heterocycles. The van der Waals surface area contributed by atoms with Crippen LogP contribution in [-0.4, -0.2) is 13.2 Å². The normalized spacial score (nSPS) is 20.2. The molecule has 1 aromatic carbocycles. The van der Waals surface area contributed by atoms with Gasteiger partial charge in [0, 0.05) is 7.11 Å². The Kier molecular flexibility index (Phi) is 4.88. The maximum Gasteiger partial charge on any atom is 0.159 e. The summed E-state index contributed by atoms with van der Waals surface area (Å²) in [7, 11) is 1.64. The lowest BCUT2D eigenvalue weighted by molar-refractivity contribution is 0.0172. The summed E-state index contributed by atoms with van der Waals surface area (Å²) in [5.74, 6) is -1.30. The monoisotopic (exact) mass is 269 g/mol. The molecule has 1 aliphatic rings. The number of hydrogen-bond acceptors (Lipinski definition) is 2. The van der Waals surface area contributed by atoms with Gasteiger partial charge in [0.15, 0.2) is 11.6 Å². The Labute approximate surface area is 112 Å². The molecule has 0 radical (unpaired) electrons. The van der Waals surface area contributed by atoms with Gasteiger partial charge in [0.1, 0.15) is 0 Å². The quantitative estimate of drug-likeness (QED) is 0.907. The van der Waals surface area contributed by atoms with Crippen LogP contribution >= 0.6 is 0 Å². The molecule has 0 amide bonds. The Morgan fingerprint density at radius 1 is 1.16 bits per heavy atom. The molecule has 0 spiro atoms. The number of nitrogens with two attached hydrogens (primary N) is 1. The fraction of sp³-hybridized carbons (Fsp3) is 0.600. The van der Waals surface area contributed by atoms with E-state index in [9.17, 15) is 8.78 Å². The van der Waals surface area contributed by atoms with E-state index >= 15 is 0 Å². The van der Waals surface area contributed by atoms with Crippen LogP contribution in [0.15, 0.2) is 18.2 Å². The molecule has 106 valence electrons. The fourth-order valence-corrected chi connectivity index (χ4v) is 3.00. The predicted molar refractivity (Wildman–Crippen MR) is 70.7 cm³/mol. The molecule has 19 heavy (non-hydrogen) atoms. The van der Waals surface area contributed by atoms with Crippen LogP contribution in [0.2, 0.25) is 0 Å². The van der Waals surface area contributed by atoms with Gasteiger partial charge in [0.05, 0.1) is 12.1 Å². The first kappa shape index (κ1) is 14.4. The molecule has 2 nitrogen and oxygen atoms in total. The van der Waals surface area contributed by atoms with Crippen molar-refractivity contribution < 1.29 is 13.5 Å². The number of ether oxygens (including phenoxy) is 1. The average molecular weight is 269 g/mol. The van der Waals surface area contributed by atoms with Crippen LogP contribution in [0.1, 0.15) is 43.7 Å². The maximum absolute atomic E-state index is 13.3. The summed E-state index contributed by atoms with van der Waals surface area (Å²) in [4.78, 5) is 0. The third kappa shape index (κ3) is 3.31. The summed E-state index contributed by atoms with van der Waals surface area (Å²) in [6.07, 6.45) is 5.69. The highest BCUT2D eigenvalue weighted by molar-refractivity contribution is 5.22. The lowest BCUT2D eigenvalue weighted by Gasteiger charge is -2.33. The van der Waals surface area contributed by atoms with E-state index in [0.717, 1.165) is 18.9 Å². The van der Waals surface area contributed by atoms with Gasteiger partial charge >= 0.3 is 0 Å². The van der Waals surface area contributed by atoms with Crippen molar-refractivity contribution in [2.24, 2.45) is 11.7 Å². The van der Waals surface area contributed by atoms with Gasteiger partial charge < -0.3 is 10.5 Å². The standard InChI is InChI=1S/C15H21F2NO/c1-19-15(10-5-3-2-4-6-10)14(18)11-7-8-12(16)13(17)9-11/h7-10,14-15H,2-6,18H2,1H3. The van der Waals surface area contributed by atoms with Gasteiger partial charge in [-0.1, -0.05) is 25.3 Å². The highest BCUT2D eigenvalue weighted by Crippen LogP contribution is 2.33. The summed E-state index contributed by atoms with van der Waals surface area (Å²) in [5.41, 5.74) is 6.78. The van der Waals surface area contributed by atoms with Gasteiger partial charge in [-0.05, 0) is 36.5 Å². The first-order valence-corrected chi connectivity index (χ1v) is 6.87. The van der Waals surface area contributed by atoms with E-state index < -0.39 is 17.7 Å². The van der Waals surface area contributed by atoms with Crippen molar-refractivity contribution in [3.8, 4) is 0 Å². The molecule has 2 atom stereocenters. The van der Waals surface area contributed by atoms with Crippen molar-refractivity contribution >= 4 is 0 Å². The molecular weight excluding hydrogens is 248 g/mol. The Morgan fingerprint density at radius 2 is 1.84 bits per heavy atom. The lowest BCUT2D eigenvalue weighted by atomic mass is 9.81. The van der Waals surface area contributed by atoms with E-state index in [2.05, 4.69) is 0 Å². The summed E-state index contributed by atoms with van der Waals surface area (Å²) >= 11 is 0. The van der Waals surface area contributed by atoms with Crippen LogP contribution in [0.4, 0.5) is 8.78 Å². The molecule has 2 unspecified atom stereocenters. The van der Waals surface area contributed by atoms with E-state index in [1.165, 1.54) is 31.4 Å². The van der Waals surface area contributed by atoms with Crippen molar-refractivity contribution in [3.05, 3.63) is 35.4 Å². The molecule has 1 fully saturated rings. The zero-order valence-electron chi connectivity index (χ0n) is 11.2. The van der Waals surface area contributed by atoms with Crippen LogP contribution in [-0.2, 0) is 4.74 Å². The minimum absolute atomic E-state index is 0.134. The number of rotatable bonds is 4. The molecule has 0 aromatic heterocycles. The molecule has 2 N–H and O–H groups in total. The second kappa shape index (κ2) is 6.44. The minimum atomic E-state index is -0.855. The Hall–Kier alpha value is -1.00. The zero-order chi connectivity index (χ0) is 13.8. The minimum Gasteiger partial charge on any atom is -0.379 e. The molecular formula is C15H21F2NO. The van der Waals surface area contributed by atoms with Gasteiger partial charge in [-0.15, -0.1) is 0 Å². The molecule has 0 bridgehead atoms. The van der Waals surface area contributed by atoms with Crippen molar-refractivity contribution in [1.82, 2.24) is 0 Å². The molecule has 1 saturated carbocycles. The molecule has 0 aliphatic heterocycles. The maximum atomic E-state index is 13.3. The van der Waals surface area contributed by atoms with Crippen molar-refractivity contribution in [1.29, 1.82) is 0 Å². The van der Waals surface area contributed by atoms with E-state index in [4.69, 9.17) is 10.5 Å². The highest BCUT2D eigenvalue weighted by Gasteiger charge is 2.29. The first-order valence-electron chi connectivity index (χ1n) is 6.87. The van der Waals surface area contributed by atoms with E-state index in [1.54, 1.807) is 7.11 Å². The number of hydrogen-bond donors (Lipinski definition) is 1. The summed E-state index contributed by atoms with van der Waals surface area (Å²) in [6.45, 7) is 0. The smallest absolute Gasteiger partial charge is 0.159 e. The third-order valence-electron chi connectivity index (χ3n) is 4.07. The average Bonchev–Trinajstić information content (AvgIpc) is 2.44. The Balaban J connectivity index is 2.14. The van der Waals surface area contributed by atoms with Crippen LogP contribution in [0, 0.1) is 17.6 Å². The summed E-state index contributed by atoms with van der Waals surface area (Å²) < 4.78 is 31.8. The van der Waals surface area contributed by atoms with Gasteiger partial charge in [0.25, 0.3) is 0 Å². The molecule has 1 aliphatic carbocycles. The van der Waals surface area contributed by atoms with E-state index in [-0.39, 0.29) is 6.10 Å². The largest absolute Gasteiger partial charge is 0.379 e.